The van der Waals surface area contributed by atoms with E-state index in [2.05, 4.69) is 50.2 Å². The molecule has 0 saturated carbocycles. The number of hydrogen-bond acceptors (Lipinski definition) is 7. The zero-order valence-corrected chi connectivity index (χ0v) is 20.1. The number of nitrogens with one attached hydrogen (secondary N) is 1. The molecule has 7 nitrogen and oxygen atoms in total. The Kier molecular flexibility index (Phi) is 6.99. The number of piperidine rings is 1. The predicted octanol–water partition coefficient (Wildman–Crippen LogP) is 3.78. The molecule has 1 fully saturated rings. The first-order chi connectivity index (χ1) is 16.7. The van der Waals surface area contributed by atoms with Gasteiger partial charge >= 0.3 is 0 Å². The summed E-state index contributed by atoms with van der Waals surface area (Å²) in [5, 5.41) is 7.90. The van der Waals surface area contributed by atoms with Gasteiger partial charge in [-0.05, 0) is 55.6 Å². The van der Waals surface area contributed by atoms with Gasteiger partial charge in [0.25, 0.3) is 5.56 Å². The minimum Gasteiger partial charge on any atom is -0.495 e. The number of pyridine rings is 3. The van der Waals surface area contributed by atoms with E-state index in [9.17, 15) is 4.79 Å². The van der Waals surface area contributed by atoms with Crippen molar-refractivity contribution in [2.45, 2.75) is 32.0 Å². The highest BCUT2D eigenvalue weighted by Gasteiger charge is 2.19. The van der Waals surface area contributed by atoms with Crippen molar-refractivity contribution in [1.29, 1.82) is 0 Å². The SMILES string of the molecule is COc1cnc2ccc(=O)n(CCN3CCC(NCc4cccc(-c5ccsc5)n4)CC3)c2c1. The van der Waals surface area contributed by atoms with E-state index in [0.717, 1.165) is 61.4 Å². The van der Waals surface area contributed by atoms with Crippen LogP contribution >= 0.6 is 11.3 Å². The third-order valence-electron chi connectivity index (χ3n) is 6.47. The van der Waals surface area contributed by atoms with Gasteiger partial charge in [0.05, 0.1) is 35.7 Å². The maximum atomic E-state index is 12.5. The summed E-state index contributed by atoms with van der Waals surface area (Å²) in [6.45, 7) is 4.29. The van der Waals surface area contributed by atoms with Crippen molar-refractivity contribution in [2.24, 2.45) is 0 Å². The number of thiophene rings is 1. The highest BCUT2D eigenvalue weighted by atomic mass is 32.1. The maximum absolute atomic E-state index is 12.5. The first kappa shape index (κ1) is 22.7. The van der Waals surface area contributed by atoms with Crippen molar-refractivity contribution < 1.29 is 4.74 Å². The van der Waals surface area contributed by atoms with Crippen molar-refractivity contribution >= 4 is 22.4 Å². The van der Waals surface area contributed by atoms with Gasteiger partial charge in [-0.1, -0.05) is 6.07 Å². The second-order valence-corrected chi connectivity index (χ2v) is 9.41. The molecule has 1 N–H and O–H groups in total. The van der Waals surface area contributed by atoms with Crippen LogP contribution in [0.2, 0.25) is 0 Å². The molecule has 1 saturated heterocycles. The van der Waals surface area contributed by atoms with Crippen LogP contribution in [0.5, 0.6) is 5.75 Å². The normalized spacial score (nSPS) is 15.1. The van der Waals surface area contributed by atoms with Crippen LogP contribution in [0.4, 0.5) is 0 Å². The number of hydrogen-bond donors (Lipinski definition) is 1. The molecule has 0 radical (unpaired) electrons. The summed E-state index contributed by atoms with van der Waals surface area (Å²) < 4.78 is 7.11. The summed E-state index contributed by atoms with van der Waals surface area (Å²) in [5.41, 5.74) is 4.91. The molecule has 5 heterocycles. The molecule has 1 aliphatic rings. The third-order valence-corrected chi connectivity index (χ3v) is 7.15. The summed E-state index contributed by atoms with van der Waals surface area (Å²) in [6, 6.07) is 14.1. The Hall–Kier alpha value is -3.07. The van der Waals surface area contributed by atoms with E-state index in [1.54, 1.807) is 41.3 Å². The lowest BCUT2D eigenvalue weighted by Crippen LogP contribution is -2.43. The summed E-state index contributed by atoms with van der Waals surface area (Å²) in [4.78, 5) is 24.2. The van der Waals surface area contributed by atoms with Crippen LogP contribution < -0.4 is 15.6 Å². The molecule has 4 aromatic rings. The second-order valence-electron chi connectivity index (χ2n) is 8.63. The number of aromatic nitrogens is 3. The molecular formula is C26H29N5O2S. The molecule has 4 aromatic heterocycles. The van der Waals surface area contributed by atoms with Crippen molar-refractivity contribution in [3.05, 3.63) is 75.5 Å². The number of rotatable bonds is 8. The lowest BCUT2D eigenvalue weighted by atomic mass is 10.0. The molecular weight excluding hydrogens is 446 g/mol. The summed E-state index contributed by atoms with van der Waals surface area (Å²) >= 11 is 1.69. The molecule has 1 aliphatic heterocycles. The Labute approximate surface area is 203 Å². The van der Waals surface area contributed by atoms with Gasteiger partial charge in [0, 0.05) is 48.8 Å². The summed E-state index contributed by atoms with van der Waals surface area (Å²) in [5.74, 6) is 0.661. The third kappa shape index (κ3) is 5.19. The van der Waals surface area contributed by atoms with E-state index < -0.39 is 0 Å². The standard InChI is InChI=1S/C26H29N5O2S/c1-33-22-15-25-24(28-17-22)5-6-26(32)31(25)13-12-30-10-7-20(8-11-30)27-16-21-3-2-4-23(29-21)19-9-14-34-18-19/h2-6,9,14-15,17-18,20,27H,7-8,10-13,16H2,1H3. The lowest BCUT2D eigenvalue weighted by Gasteiger charge is -2.32. The van der Waals surface area contributed by atoms with Crippen molar-refractivity contribution in [2.75, 3.05) is 26.7 Å². The fourth-order valence-electron chi connectivity index (χ4n) is 4.49. The largest absolute Gasteiger partial charge is 0.495 e. The Morgan fingerprint density at radius 1 is 1.15 bits per heavy atom. The number of ether oxygens (including phenoxy) is 1. The predicted molar refractivity (Wildman–Crippen MR) is 136 cm³/mol. The quantitative estimate of drug-likeness (QED) is 0.418. The number of fused-ring (bicyclic) bond motifs is 1. The van der Waals surface area contributed by atoms with Crippen LogP contribution in [0.1, 0.15) is 18.5 Å². The van der Waals surface area contributed by atoms with Crippen molar-refractivity contribution in [3.63, 3.8) is 0 Å². The zero-order chi connectivity index (χ0) is 23.3. The first-order valence-corrected chi connectivity index (χ1v) is 12.6. The molecule has 0 aliphatic carbocycles. The molecule has 0 spiro atoms. The molecule has 0 unspecified atom stereocenters. The van der Waals surface area contributed by atoms with E-state index in [0.29, 0.717) is 18.3 Å². The van der Waals surface area contributed by atoms with Crippen LogP contribution in [0, 0.1) is 0 Å². The molecule has 5 rings (SSSR count). The van der Waals surface area contributed by atoms with Crippen LogP contribution in [0.15, 0.2) is 64.2 Å². The molecule has 176 valence electrons. The molecule has 0 amide bonds. The van der Waals surface area contributed by atoms with E-state index in [1.165, 1.54) is 5.56 Å². The average Bonchev–Trinajstić information content (AvgIpc) is 3.43. The zero-order valence-electron chi connectivity index (χ0n) is 19.3. The minimum atomic E-state index is -0.00344. The maximum Gasteiger partial charge on any atom is 0.251 e. The van der Waals surface area contributed by atoms with Gasteiger partial charge < -0.3 is 19.5 Å². The molecule has 34 heavy (non-hydrogen) atoms. The molecule has 0 atom stereocenters. The van der Waals surface area contributed by atoms with Gasteiger partial charge in [-0.2, -0.15) is 11.3 Å². The van der Waals surface area contributed by atoms with Crippen molar-refractivity contribution in [3.8, 4) is 17.0 Å². The molecule has 0 bridgehead atoms. The Morgan fingerprint density at radius 2 is 2.03 bits per heavy atom. The number of methoxy groups -OCH3 is 1. The average molecular weight is 476 g/mol. The molecule has 0 aromatic carbocycles. The van der Waals surface area contributed by atoms with E-state index in [-0.39, 0.29) is 5.56 Å². The van der Waals surface area contributed by atoms with Gasteiger partial charge in [0.2, 0.25) is 0 Å². The van der Waals surface area contributed by atoms with Crippen LogP contribution in [-0.2, 0) is 13.1 Å². The van der Waals surface area contributed by atoms with Crippen LogP contribution in [0.25, 0.3) is 22.3 Å². The monoisotopic (exact) mass is 475 g/mol. The topological polar surface area (TPSA) is 72.3 Å². The molecule has 8 heteroatoms. The van der Waals surface area contributed by atoms with Crippen molar-refractivity contribution in [1.82, 2.24) is 24.8 Å². The number of likely N-dealkylation sites (tertiary alicyclic amines) is 1. The highest BCUT2D eigenvalue weighted by Crippen LogP contribution is 2.20. The Morgan fingerprint density at radius 3 is 2.82 bits per heavy atom. The van der Waals surface area contributed by atoms with E-state index in [4.69, 9.17) is 9.72 Å². The van der Waals surface area contributed by atoms with E-state index >= 15 is 0 Å². The fourth-order valence-corrected chi connectivity index (χ4v) is 5.14. The van der Waals surface area contributed by atoms with Gasteiger partial charge in [-0.25, -0.2) is 0 Å². The fraction of sp³-hybridized carbons (Fsp3) is 0.346. The first-order valence-electron chi connectivity index (χ1n) is 11.7. The second kappa shape index (κ2) is 10.5. The van der Waals surface area contributed by atoms with Gasteiger partial charge in [-0.15, -0.1) is 0 Å². The Bertz CT molecular complexity index is 1300. The number of nitrogens with zero attached hydrogens (tertiary/aromatic N) is 4. The van der Waals surface area contributed by atoms with Crippen LogP contribution in [0.3, 0.4) is 0 Å². The summed E-state index contributed by atoms with van der Waals surface area (Å²) in [6.07, 6.45) is 3.86. The summed E-state index contributed by atoms with van der Waals surface area (Å²) in [7, 11) is 1.61. The smallest absolute Gasteiger partial charge is 0.251 e. The van der Waals surface area contributed by atoms with E-state index in [1.807, 2.05) is 6.07 Å². The van der Waals surface area contributed by atoms with Gasteiger partial charge in [0.1, 0.15) is 5.75 Å². The minimum absolute atomic E-state index is 0.00344. The van der Waals surface area contributed by atoms with Gasteiger partial charge in [0.15, 0.2) is 0 Å². The lowest BCUT2D eigenvalue weighted by molar-refractivity contribution is 0.191. The van der Waals surface area contributed by atoms with Gasteiger partial charge in [-0.3, -0.25) is 14.8 Å². The van der Waals surface area contributed by atoms with Crippen LogP contribution in [-0.4, -0.2) is 52.2 Å². The Balaban J connectivity index is 1.14. The highest BCUT2D eigenvalue weighted by molar-refractivity contribution is 7.08.